The Labute approximate surface area is 164 Å². The predicted molar refractivity (Wildman–Crippen MR) is 106 cm³/mol. The van der Waals surface area contributed by atoms with Gasteiger partial charge in [0.25, 0.3) is 5.91 Å². The maximum atomic E-state index is 13.7. The second-order valence-corrected chi connectivity index (χ2v) is 7.27. The number of rotatable bonds is 6. The van der Waals surface area contributed by atoms with Crippen molar-refractivity contribution >= 4 is 17.5 Å². The molecule has 1 heterocycles. The maximum Gasteiger partial charge on any atom is 0.254 e. The minimum absolute atomic E-state index is 0.0367. The molecule has 1 amide bonds. The van der Waals surface area contributed by atoms with Crippen LogP contribution in [0.1, 0.15) is 28.4 Å². The quantitative estimate of drug-likeness (QED) is 0.820. The lowest BCUT2D eigenvalue weighted by Gasteiger charge is -2.34. The Kier molecular flexibility index (Phi) is 6.83. The van der Waals surface area contributed by atoms with Gasteiger partial charge in [-0.15, -0.1) is 0 Å². The van der Waals surface area contributed by atoms with Gasteiger partial charge in [0.05, 0.1) is 5.56 Å². The lowest BCUT2D eigenvalue weighted by Crippen LogP contribution is -2.45. The average Bonchev–Trinajstić information content (AvgIpc) is 2.69. The maximum absolute atomic E-state index is 13.7. The number of amides is 1. The van der Waals surface area contributed by atoms with Crippen LogP contribution in [0.3, 0.4) is 0 Å². The smallest absolute Gasteiger partial charge is 0.254 e. The topological polar surface area (TPSA) is 35.6 Å². The summed E-state index contributed by atoms with van der Waals surface area (Å²) in [5.41, 5.74) is 2.20. The van der Waals surface area contributed by atoms with E-state index in [4.69, 9.17) is 11.6 Å². The first-order valence-electron chi connectivity index (χ1n) is 9.31. The molecule has 1 saturated heterocycles. The minimum atomic E-state index is -0.574. The number of likely N-dealkylation sites (N-methyl/N-ethyl adjacent to an activating group) is 1. The van der Waals surface area contributed by atoms with E-state index in [1.165, 1.54) is 23.8 Å². The number of hydrogen-bond acceptors (Lipinski definition) is 3. The number of nitrogens with zero attached hydrogens (tertiary/aromatic N) is 2. The van der Waals surface area contributed by atoms with E-state index in [2.05, 4.69) is 34.2 Å². The third kappa shape index (κ3) is 5.51. The van der Waals surface area contributed by atoms with Gasteiger partial charge >= 0.3 is 0 Å². The van der Waals surface area contributed by atoms with E-state index in [0.717, 1.165) is 44.8 Å². The van der Waals surface area contributed by atoms with Gasteiger partial charge in [0, 0.05) is 44.3 Å². The molecule has 0 atom stereocenters. The van der Waals surface area contributed by atoms with Crippen LogP contribution in [0.25, 0.3) is 0 Å². The lowest BCUT2D eigenvalue weighted by atomic mass is 10.1. The normalized spacial score (nSPS) is 15.7. The third-order valence-corrected chi connectivity index (χ3v) is 5.20. The van der Waals surface area contributed by atoms with E-state index in [-0.39, 0.29) is 5.56 Å². The molecule has 4 nitrogen and oxygen atoms in total. The highest BCUT2D eigenvalue weighted by Crippen LogP contribution is 2.15. The van der Waals surface area contributed by atoms with Crippen molar-refractivity contribution in [1.82, 2.24) is 15.1 Å². The number of carbonyl (C=O) groups is 1. The fourth-order valence-corrected chi connectivity index (χ4v) is 3.41. The van der Waals surface area contributed by atoms with Gasteiger partial charge in [0.1, 0.15) is 5.82 Å². The summed E-state index contributed by atoms with van der Waals surface area (Å²) in [5.74, 6) is -1.04. The first-order valence-corrected chi connectivity index (χ1v) is 9.68. The highest BCUT2D eigenvalue weighted by molar-refractivity contribution is 6.31. The standard InChI is InChI=1S/C21H25ClFN3O/c1-2-25-9-11-26(12-10-25)15-17-5-3-16(4-6-17)14-24-21(27)19-13-18(22)7-8-20(19)23/h3-8,13H,2,9-12,14-15H2,1H3,(H,24,27). The Morgan fingerprint density at radius 2 is 1.67 bits per heavy atom. The van der Waals surface area contributed by atoms with Crippen molar-refractivity contribution in [2.75, 3.05) is 32.7 Å². The molecule has 1 N–H and O–H groups in total. The summed E-state index contributed by atoms with van der Waals surface area (Å²) in [7, 11) is 0. The molecule has 1 aliphatic heterocycles. The van der Waals surface area contributed by atoms with Gasteiger partial charge in [-0.05, 0) is 35.9 Å². The molecular weight excluding hydrogens is 365 g/mol. The van der Waals surface area contributed by atoms with E-state index >= 15 is 0 Å². The van der Waals surface area contributed by atoms with E-state index in [1.807, 2.05) is 12.1 Å². The van der Waals surface area contributed by atoms with Crippen molar-refractivity contribution in [3.8, 4) is 0 Å². The van der Waals surface area contributed by atoms with Crippen LogP contribution in [-0.4, -0.2) is 48.4 Å². The molecule has 0 radical (unpaired) electrons. The molecule has 1 fully saturated rings. The third-order valence-electron chi connectivity index (χ3n) is 4.97. The Hall–Kier alpha value is -1.95. The highest BCUT2D eigenvalue weighted by Gasteiger charge is 2.15. The molecule has 1 aliphatic rings. The Bertz CT molecular complexity index is 773. The summed E-state index contributed by atoms with van der Waals surface area (Å²) >= 11 is 5.84. The Morgan fingerprint density at radius 1 is 1.04 bits per heavy atom. The molecule has 2 aromatic rings. The van der Waals surface area contributed by atoms with E-state index < -0.39 is 11.7 Å². The van der Waals surface area contributed by atoms with Crippen molar-refractivity contribution in [3.05, 3.63) is 70.0 Å². The van der Waals surface area contributed by atoms with Crippen molar-refractivity contribution < 1.29 is 9.18 Å². The molecule has 0 aliphatic carbocycles. The lowest BCUT2D eigenvalue weighted by molar-refractivity contribution is 0.0947. The zero-order chi connectivity index (χ0) is 19.2. The summed E-state index contributed by atoms with van der Waals surface area (Å²) in [6.45, 7) is 9.05. The van der Waals surface area contributed by atoms with Crippen LogP contribution in [0.4, 0.5) is 4.39 Å². The monoisotopic (exact) mass is 389 g/mol. The number of carbonyl (C=O) groups excluding carboxylic acids is 1. The Morgan fingerprint density at radius 3 is 2.33 bits per heavy atom. The van der Waals surface area contributed by atoms with E-state index in [0.29, 0.717) is 11.6 Å². The summed E-state index contributed by atoms with van der Waals surface area (Å²) in [5, 5.41) is 3.08. The molecule has 0 spiro atoms. The van der Waals surface area contributed by atoms with E-state index in [9.17, 15) is 9.18 Å². The van der Waals surface area contributed by atoms with Crippen molar-refractivity contribution in [2.24, 2.45) is 0 Å². The van der Waals surface area contributed by atoms with Crippen LogP contribution >= 0.6 is 11.6 Å². The summed E-state index contributed by atoms with van der Waals surface area (Å²) < 4.78 is 13.7. The minimum Gasteiger partial charge on any atom is -0.348 e. The van der Waals surface area contributed by atoms with Gasteiger partial charge in [-0.1, -0.05) is 42.8 Å². The SMILES string of the molecule is CCN1CCN(Cc2ccc(CNC(=O)c3cc(Cl)ccc3F)cc2)CC1. The molecule has 27 heavy (non-hydrogen) atoms. The molecule has 0 bridgehead atoms. The van der Waals surface area contributed by atoms with Crippen LogP contribution in [0, 0.1) is 5.82 Å². The largest absolute Gasteiger partial charge is 0.348 e. The van der Waals surface area contributed by atoms with Gasteiger partial charge in [-0.2, -0.15) is 0 Å². The summed E-state index contributed by atoms with van der Waals surface area (Å²) in [6, 6.07) is 12.2. The molecule has 0 unspecified atom stereocenters. The number of halogens is 2. The van der Waals surface area contributed by atoms with Crippen LogP contribution in [0.5, 0.6) is 0 Å². The first-order chi connectivity index (χ1) is 13.0. The van der Waals surface area contributed by atoms with Crippen LogP contribution in [0.15, 0.2) is 42.5 Å². The molecule has 6 heteroatoms. The van der Waals surface area contributed by atoms with Gasteiger partial charge in [0.15, 0.2) is 0 Å². The molecular formula is C21H25ClFN3O. The van der Waals surface area contributed by atoms with Crippen LogP contribution in [0.2, 0.25) is 5.02 Å². The van der Waals surface area contributed by atoms with Crippen LogP contribution < -0.4 is 5.32 Å². The number of piperazine rings is 1. The molecule has 3 rings (SSSR count). The van der Waals surface area contributed by atoms with Gasteiger partial charge < -0.3 is 10.2 Å². The van der Waals surface area contributed by atoms with E-state index in [1.54, 1.807) is 0 Å². The molecule has 0 aromatic heterocycles. The molecule has 144 valence electrons. The Balaban J connectivity index is 1.50. The number of benzene rings is 2. The second-order valence-electron chi connectivity index (χ2n) is 6.83. The van der Waals surface area contributed by atoms with Crippen molar-refractivity contribution in [3.63, 3.8) is 0 Å². The summed E-state index contributed by atoms with van der Waals surface area (Å²) in [6.07, 6.45) is 0. The summed E-state index contributed by atoms with van der Waals surface area (Å²) in [4.78, 5) is 17.1. The van der Waals surface area contributed by atoms with Crippen molar-refractivity contribution in [2.45, 2.75) is 20.0 Å². The molecule has 0 saturated carbocycles. The van der Waals surface area contributed by atoms with Crippen LogP contribution in [-0.2, 0) is 13.1 Å². The predicted octanol–water partition coefficient (Wildman–Crippen LogP) is 3.55. The first kappa shape index (κ1) is 19.8. The fraction of sp³-hybridized carbons (Fsp3) is 0.381. The fourth-order valence-electron chi connectivity index (χ4n) is 3.23. The van der Waals surface area contributed by atoms with Crippen molar-refractivity contribution in [1.29, 1.82) is 0 Å². The zero-order valence-electron chi connectivity index (χ0n) is 15.5. The zero-order valence-corrected chi connectivity index (χ0v) is 16.3. The average molecular weight is 390 g/mol. The highest BCUT2D eigenvalue weighted by atomic mass is 35.5. The second kappa shape index (κ2) is 9.31. The number of hydrogen-bond donors (Lipinski definition) is 1. The van der Waals surface area contributed by atoms with Gasteiger partial charge in [-0.3, -0.25) is 9.69 Å². The van der Waals surface area contributed by atoms with Gasteiger partial charge in [0.2, 0.25) is 0 Å². The number of nitrogens with one attached hydrogen (secondary N) is 1. The molecule has 2 aromatic carbocycles. The van der Waals surface area contributed by atoms with Gasteiger partial charge in [-0.25, -0.2) is 4.39 Å².